The number of carbonyl (C=O) groups excluding carboxylic acids is 2. The van der Waals surface area contributed by atoms with Crippen LogP contribution in [0.1, 0.15) is 26.3 Å². The number of hydrogen-bond acceptors (Lipinski definition) is 7. The van der Waals surface area contributed by atoms with E-state index in [9.17, 15) is 9.59 Å². The fraction of sp³-hybridized carbons (Fsp3) is 0.125. The van der Waals surface area contributed by atoms with Crippen LogP contribution >= 0.6 is 11.3 Å². The summed E-state index contributed by atoms with van der Waals surface area (Å²) in [6.45, 7) is 2.82. The molecule has 0 aliphatic carbocycles. The van der Waals surface area contributed by atoms with E-state index in [-0.39, 0.29) is 11.8 Å². The minimum absolute atomic E-state index is 0.262. The van der Waals surface area contributed by atoms with Gasteiger partial charge in [0.1, 0.15) is 13.2 Å². The highest BCUT2D eigenvalue weighted by Crippen LogP contribution is 2.31. The molecule has 3 aromatic carbocycles. The fourth-order valence-corrected chi connectivity index (χ4v) is 4.27. The Bertz CT molecular complexity index is 1400. The Balaban J connectivity index is 1.33. The number of amides is 2. The van der Waals surface area contributed by atoms with Crippen molar-refractivity contribution >= 4 is 49.9 Å². The molecule has 2 amide bonds. The molecule has 0 spiro atoms. The van der Waals surface area contributed by atoms with Gasteiger partial charge in [-0.3, -0.25) is 9.59 Å². The van der Waals surface area contributed by atoms with E-state index >= 15 is 0 Å². The summed E-state index contributed by atoms with van der Waals surface area (Å²) in [4.78, 5) is 29.8. The van der Waals surface area contributed by atoms with Crippen LogP contribution in [0.15, 0.2) is 54.6 Å². The number of rotatable bonds is 4. The first-order chi connectivity index (χ1) is 16.0. The third kappa shape index (κ3) is 4.31. The molecule has 0 saturated carbocycles. The van der Waals surface area contributed by atoms with Crippen LogP contribution in [0.3, 0.4) is 0 Å². The van der Waals surface area contributed by atoms with E-state index in [0.29, 0.717) is 52.3 Å². The Morgan fingerprint density at radius 2 is 1.64 bits per heavy atom. The SMILES string of the molecule is Cc1ccc(NC(=O)c2ccc3c(c2)OCCO3)cc1NC(=O)c1ccc2nc(N)sc2c1. The summed E-state index contributed by atoms with van der Waals surface area (Å²) in [7, 11) is 0. The van der Waals surface area contributed by atoms with Gasteiger partial charge in [-0.25, -0.2) is 4.98 Å². The third-order valence-corrected chi connectivity index (χ3v) is 6.06. The summed E-state index contributed by atoms with van der Waals surface area (Å²) in [5, 5.41) is 6.24. The Kier molecular flexibility index (Phi) is 5.31. The average Bonchev–Trinajstić information content (AvgIpc) is 3.20. The quantitative estimate of drug-likeness (QED) is 0.414. The van der Waals surface area contributed by atoms with Gasteiger partial charge in [0, 0.05) is 22.5 Å². The van der Waals surface area contributed by atoms with Crippen LogP contribution in [0.5, 0.6) is 11.5 Å². The molecular formula is C24H20N4O4S. The molecule has 8 nitrogen and oxygen atoms in total. The molecular weight excluding hydrogens is 440 g/mol. The number of nitrogen functional groups attached to an aromatic ring is 1. The molecule has 5 rings (SSSR count). The number of fused-ring (bicyclic) bond motifs is 2. The number of aryl methyl sites for hydroxylation is 1. The summed E-state index contributed by atoms with van der Waals surface area (Å²) >= 11 is 1.33. The maximum Gasteiger partial charge on any atom is 0.255 e. The van der Waals surface area contributed by atoms with Gasteiger partial charge in [-0.2, -0.15) is 0 Å². The van der Waals surface area contributed by atoms with Crippen molar-refractivity contribution in [3.63, 3.8) is 0 Å². The van der Waals surface area contributed by atoms with Crippen molar-refractivity contribution in [3.8, 4) is 11.5 Å². The van der Waals surface area contributed by atoms with E-state index in [0.717, 1.165) is 15.8 Å². The molecule has 4 aromatic rings. The van der Waals surface area contributed by atoms with Crippen molar-refractivity contribution in [2.75, 3.05) is 29.6 Å². The van der Waals surface area contributed by atoms with Gasteiger partial charge < -0.3 is 25.8 Å². The summed E-state index contributed by atoms with van der Waals surface area (Å²) in [5.41, 5.74) is 9.48. The fourth-order valence-electron chi connectivity index (χ4n) is 3.50. The Morgan fingerprint density at radius 3 is 2.48 bits per heavy atom. The number of ether oxygens (including phenoxy) is 2. The number of thiazole rings is 1. The second kappa shape index (κ2) is 8.44. The smallest absolute Gasteiger partial charge is 0.255 e. The largest absolute Gasteiger partial charge is 0.486 e. The number of benzene rings is 3. The normalized spacial score (nSPS) is 12.4. The minimum Gasteiger partial charge on any atom is -0.486 e. The first kappa shape index (κ1) is 20.8. The van der Waals surface area contributed by atoms with Crippen molar-refractivity contribution in [3.05, 3.63) is 71.3 Å². The van der Waals surface area contributed by atoms with E-state index in [1.807, 2.05) is 13.0 Å². The Morgan fingerprint density at radius 1 is 0.909 bits per heavy atom. The van der Waals surface area contributed by atoms with Crippen molar-refractivity contribution in [2.24, 2.45) is 0 Å². The van der Waals surface area contributed by atoms with Crippen LogP contribution in [-0.4, -0.2) is 30.0 Å². The van der Waals surface area contributed by atoms with Crippen LogP contribution < -0.4 is 25.8 Å². The number of nitrogens with two attached hydrogens (primary N) is 1. The topological polar surface area (TPSA) is 116 Å². The van der Waals surface area contributed by atoms with Crippen molar-refractivity contribution in [1.29, 1.82) is 0 Å². The molecule has 0 bridgehead atoms. The average molecular weight is 461 g/mol. The number of nitrogens with one attached hydrogen (secondary N) is 2. The summed E-state index contributed by atoms with van der Waals surface area (Å²) in [6, 6.07) is 15.7. The van der Waals surface area contributed by atoms with E-state index in [4.69, 9.17) is 15.2 Å². The maximum atomic E-state index is 12.8. The van der Waals surface area contributed by atoms with Crippen LogP contribution in [0.2, 0.25) is 0 Å². The second-order valence-corrected chi connectivity index (χ2v) is 8.59. The lowest BCUT2D eigenvalue weighted by Gasteiger charge is -2.18. The van der Waals surface area contributed by atoms with Gasteiger partial charge in [0.05, 0.1) is 10.2 Å². The number of anilines is 3. The lowest BCUT2D eigenvalue weighted by Crippen LogP contribution is -2.17. The molecule has 1 aliphatic heterocycles. The lowest BCUT2D eigenvalue weighted by molar-refractivity contribution is 0.101. The van der Waals surface area contributed by atoms with Gasteiger partial charge in [-0.05, 0) is 61.0 Å². The maximum absolute atomic E-state index is 12.8. The number of nitrogens with zero attached hydrogens (tertiary/aromatic N) is 1. The highest BCUT2D eigenvalue weighted by atomic mass is 32.1. The van der Waals surface area contributed by atoms with Gasteiger partial charge in [-0.15, -0.1) is 0 Å². The molecule has 4 N–H and O–H groups in total. The molecule has 166 valence electrons. The zero-order chi connectivity index (χ0) is 22.9. The van der Waals surface area contributed by atoms with Gasteiger partial charge in [0.25, 0.3) is 11.8 Å². The monoisotopic (exact) mass is 460 g/mol. The number of carbonyl (C=O) groups is 2. The van der Waals surface area contributed by atoms with Gasteiger partial charge in [-0.1, -0.05) is 17.4 Å². The van der Waals surface area contributed by atoms with Crippen molar-refractivity contribution < 1.29 is 19.1 Å². The van der Waals surface area contributed by atoms with Crippen molar-refractivity contribution in [2.45, 2.75) is 6.92 Å². The molecule has 1 aliphatic rings. The van der Waals surface area contributed by atoms with Crippen LogP contribution in [0.4, 0.5) is 16.5 Å². The van der Waals surface area contributed by atoms with Crippen LogP contribution in [-0.2, 0) is 0 Å². The second-order valence-electron chi connectivity index (χ2n) is 7.53. The number of hydrogen-bond donors (Lipinski definition) is 3. The third-order valence-electron chi connectivity index (χ3n) is 5.22. The number of aromatic nitrogens is 1. The van der Waals surface area contributed by atoms with Gasteiger partial charge >= 0.3 is 0 Å². The highest BCUT2D eigenvalue weighted by Gasteiger charge is 2.16. The van der Waals surface area contributed by atoms with Crippen molar-refractivity contribution in [1.82, 2.24) is 4.98 Å². The zero-order valence-electron chi connectivity index (χ0n) is 17.7. The molecule has 9 heteroatoms. The molecule has 0 saturated heterocycles. The highest BCUT2D eigenvalue weighted by molar-refractivity contribution is 7.22. The minimum atomic E-state index is -0.290. The zero-order valence-corrected chi connectivity index (χ0v) is 18.5. The summed E-state index contributed by atoms with van der Waals surface area (Å²) in [5.74, 6) is 0.617. The molecule has 0 unspecified atom stereocenters. The molecule has 0 atom stereocenters. The van der Waals surface area contributed by atoms with Crippen LogP contribution in [0.25, 0.3) is 10.2 Å². The Labute approximate surface area is 193 Å². The predicted octanol–water partition coefficient (Wildman–Crippen LogP) is 4.46. The van der Waals surface area contributed by atoms with Gasteiger partial charge in [0.15, 0.2) is 16.6 Å². The Hall–Kier alpha value is -4.11. The molecule has 2 heterocycles. The lowest BCUT2D eigenvalue weighted by atomic mass is 10.1. The molecule has 1 aromatic heterocycles. The van der Waals surface area contributed by atoms with E-state index in [1.54, 1.807) is 48.5 Å². The molecule has 33 heavy (non-hydrogen) atoms. The van der Waals surface area contributed by atoms with Gasteiger partial charge in [0.2, 0.25) is 0 Å². The molecule has 0 fully saturated rings. The summed E-state index contributed by atoms with van der Waals surface area (Å²) < 4.78 is 11.9. The van der Waals surface area contributed by atoms with E-state index in [1.165, 1.54) is 11.3 Å². The first-order valence-electron chi connectivity index (χ1n) is 10.3. The molecule has 0 radical (unpaired) electrons. The van der Waals surface area contributed by atoms with Crippen LogP contribution in [0, 0.1) is 6.92 Å². The van der Waals surface area contributed by atoms with E-state index in [2.05, 4.69) is 15.6 Å². The summed E-state index contributed by atoms with van der Waals surface area (Å²) in [6.07, 6.45) is 0. The standard InChI is InChI=1S/C24H20N4O4S/c1-13-2-5-16(26-22(29)14-4-7-19-20(10-14)32-9-8-31-19)12-18(13)27-23(30)15-3-6-17-21(11-15)33-24(25)28-17/h2-7,10-12H,8-9H2,1H3,(H2,25,28)(H,26,29)(H,27,30). The first-order valence-corrected chi connectivity index (χ1v) is 11.1. The predicted molar refractivity (Wildman–Crippen MR) is 129 cm³/mol. The van der Waals surface area contributed by atoms with E-state index < -0.39 is 0 Å².